The van der Waals surface area contributed by atoms with Crippen molar-refractivity contribution < 1.29 is 75.8 Å². The van der Waals surface area contributed by atoms with E-state index in [-0.39, 0.29) is 19.3 Å². The van der Waals surface area contributed by atoms with Crippen LogP contribution in [0.1, 0.15) is 290 Å². The van der Waals surface area contributed by atoms with Crippen LogP contribution in [-0.2, 0) is 55.8 Å². The van der Waals surface area contributed by atoms with Gasteiger partial charge in [-0.15, -0.1) is 0 Å². The van der Waals surface area contributed by atoms with Crippen molar-refractivity contribution in [3.63, 3.8) is 0 Å². The number of allylic oxidation sites excluding steroid dienone is 32. The number of carbonyl (C=O) groups excluding carboxylic acids is 3. The summed E-state index contributed by atoms with van der Waals surface area (Å²) < 4.78 is 61.2. The smallest absolute Gasteiger partial charge is 0.463 e. The highest BCUT2D eigenvalue weighted by molar-refractivity contribution is 7.47. The Morgan fingerprint density at radius 2 is 0.467 bits per heavy atom. The normalized spacial score (nSPS) is 14.9. The van der Waals surface area contributed by atoms with Gasteiger partial charge >= 0.3 is 33.6 Å². The molecule has 0 aromatic heterocycles. The number of unbranched alkanes of at least 4 members (excludes halogenated alkanes) is 20. The van der Waals surface area contributed by atoms with Gasteiger partial charge in [0.25, 0.3) is 0 Å². The van der Waals surface area contributed by atoms with Gasteiger partial charge in [0.2, 0.25) is 0 Å². The molecule has 0 radical (unpaired) electrons. The third-order valence-electron chi connectivity index (χ3n) is 16.3. The first-order valence-electron chi connectivity index (χ1n) is 40.7. The van der Waals surface area contributed by atoms with Crippen molar-refractivity contribution in [2.45, 2.75) is 309 Å². The molecular formula is C89H144O16P2. The van der Waals surface area contributed by atoms with E-state index in [0.29, 0.717) is 19.3 Å². The molecule has 5 unspecified atom stereocenters. The standard InChI is InChI=1S/C89H144O16P2/c1-4-7-10-13-16-19-22-25-28-31-33-35-37-38-39-40-41-42-43-44-46-48-49-52-54-57-60-63-66-69-72-75-87(92)99-78-84(90)79-101-106(95,96)102-80-85(91)81-103-107(97,98)104-83-86(105-89(94)77-74-71-68-65-62-59-56-51-30-27-24-21-18-15-12-9-6-3)82-100-88(93)76-73-70-67-64-61-58-55-53-50-47-45-36-34-32-29-26-23-20-17-14-11-8-5-2/h7-12,16-21,25-30,33-36,38-39,41-42,47,50,55-56,58-59,84-86,90-91H,4-6,13-15,22-24,31-32,37,40,43-46,48-49,51-54,57,60-83H2,1-3H3,(H,95,96)(H,97,98)/b10-7-,11-8-,12-9-,19-16-,20-17-,21-18-,28-25-,29-26-,30-27-,35-33-,36-34-,39-38-,42-41-,50-47-,58-55-,59-56-. The van der Waals surface area contributed by atoms with Crippen LogP contribution in [0.3, 0.4) is 0 Å². The summed E-state index contributed by atoms with van der Waals surface area (Å²) in [6.45, 7) is 2.26. The van der Waals surface area contributed by atoms with Crippen molar-refractivity contribution in [3.05, 3.63) is 194 Å². The van der Waals surface area contributed by atoms with E-state index in [2.05, 4.69) is 215 Å². The maximum Gasteiger partial charge on any atom is 0.472 e. The van der Waals surface area contributed by atoms with Gasteiger partial charge in [0.05, 0.1) is 26.4 Å². The lowest BCUT2D eigenvalue weighted by Crippen LogP contribution is -2.30. The number of ether oxygens (including phenoxy) is 3. The molecule has 0 heterocycles. The van der Waals surface area contributed by atoms with Crippen LogP contribution in [0.25, 0.3) is 0 Å². The van der Waals surface area contributed by atoms with Crippen LogP contribution < -0.4 is 0 Å². The molecule has 0 saturated heterocycles. The van der Waals surface area contributed by atoms with Crippen molar-refractivity contribution in [1.82, 2.24) is 0 Å². The number of aliphatic hydroxyl groups is 2. The Bertz CT molecular complexity index is 2720. The van der Waals surface area contributed by atoms with E-state index in [4.69, 9.17) is 32.3 Å². The number of aliphatic hydroxyl groups excluding tert-OH is 2. The number of phosphoric ester groups is 2. The van der Waals surface area contributed by atoms with Crippen molar-refractivity contribution >= 4 is 33.6 Å². The minimum Gasteiger partial charge on any atom is -0.463 e. The molecule has 0 fully saturated rings. The molecule has 0 aliphatic carbocycles. The van der Waals surface area contributed by atoms with Crippen molar-refractivity contribution in [2.75, 3.05) is 39.6 Å². The van der Waals surface area contributed by atoms with Gasteiger partial charge in [0.15, 0.2) is 6.10 Å². The highest BCUT2D eigenvalue weighted by Gasteiger charge is 2.29. The van der Waals surface area contributed by atoms with Gasteiger partial charge in [-0.3, -0.25) is 32.5 Å². The minimum atomic E-state index is -4.95. The monoisotopic (exact) mass is 1530 g/mol. The quantitative estimate of drug-likeness (QED) is 0.0146. The fourth-order valence-electron chi connectivity index (χ4n) is 10.2. The van der Waals surface area contributed by atoms with E-state index < -0.39 is 91.5 Å². The van der Waals surface area contributed by atoms with Gasteiger partial charge in [-0.25, -0.2) is 9.13 Å². The van der Waals surface area contributed by atoms with Crippen LogP contribution in [0, 0.1) is 0 Å². The summed E-state index contributed by atoms with van der Waals surface area (Å²) in [4.78, 5) is 58.7. The number of phosphoric acid groups is 2. The van der Waals surface area contributed by atoms with Crippen LogP contribution in [0.2, 0.25) is 0 Å². The van der Waals surface area contributed by atoms with Crippen LogP contribution in [0.5, 0.6) is 0 Å². The predicted molar refractivity (Wildman–Crippen MR) is 444 cm³/mol. The van der Waals surface area contributed by atoms with Crippen LogP contribution in [0.4, 0.5) is 0 Å². The second kappa shape index (κ2) is 79.9. The van der Waals surface area contributed by atoms with Crippen molar-refractivity contribution in [2.24, 2.45) is 0 Å². The van der Waals surface area contributed by atoms with E-state index in [0.717, 1.165) is 180 Å². The van der Waals surface area contributed by atoms with Gasteiger partial charge in [0.1, 0.15) is 25.4 Å². The SMILES string of the molecule is CC/C=C\C/C=C\C/C=C\C/C=C\C/C=C\C/C=C\CCCCCCCCCCCCCCC(=O)OCC(O)COP(=O)(O)OCC(O)COP(=O)(O)OCC(COC(=O)CCCCCC/C=C\C/C=C\C/C=C\C/C=C\C/C=C\C/C=C\CC)OC(=O)CCCCCC/C=C\C/C=C\C/C=C\C/C=C\CC. The molecule has 0 bridgehead atoms. The summed E-state index contributed by atoms with van der Waals surface area (Å²) in [5.41, 5.74) is 0. The number of esters is 3. The lowest BCUT2D eigenvalue weighted by Gasteiger charge is -2.21. The number of hydrogen-bond acceptors (Lipinski definition) is 14. The second-order valence-electron chi connectivity index (χ2n) is 26.4. The highest BCUT2D eigenvalue weighted by Crippen LogP contribution is 2.45. The maximum absolute atomic E-state index is 13.0. The molecule has 16 nitrogen and oxygen atoms in total. The zero-order valence-corrected chi connectivity index (χ0v) is 68.0. The second-order valence-corrected chi connectivity index (χ2v) is 29.3. The molecule has 0 rings (SSSR count). The third kappa shape index (κ3) is 81.2. The van der Waals surface area contributed by atoms with Gasteiger partial charge < -0.3 is 34.2 Å². The zero-order valence-electron chi connectivity index (χ0n) is 66.2. The summed E-state index contributed by atoms with van der Waals surface area (Å²) in [6, 6.07) is 0. The maximum atomic E-state index is 13.0. The topological polar surface area (TPSA) is 231 Å². The fourth-order valence-corrected chi connectivity index (χ4v) is 11.8. The lowest BCUT2D eigenvalue weighted by molar-refractivity contribution is -0.161. The Morgan fingerprint density at radius 1 is 0.262 bits per heavy atom. The fraction of sp³-hybridized carbons (Fsp3) is 0.607. The van der Waals surface area contributed by atoms with Gasteiger partial charge in [-0.2, -0.15) is 0 Å². The number of carbonyl (C=O) groups is 3. The molecule has 107 heavy (non-hydrogen) atoms. The van der Waals surface area contributed by atoms with E-state index in [1.54, 1.807) is 0 Å². The minimum absolute atomic E-state index is 0.0630. The number of rotatable bonds is 75. The predicted octanol–water partition coefficient (Wildman–Crippen LogP) is 24.3. The molecule has 5 atom stereocenters. The van der Waals surface area contributed by atoms with E-state index in [1.165, 1.54) is 51.4 Å². The Labute approximate surface area is 648 Å². The molecule has 0 aliphatic rings. The van der Waals surface area contributed by atoms with Crippen LogP contribution in [0.15, 0.2) is 194 Å². The average molecular weight is 1530 g/mol. The molecule has 0 spiro atoms. The van der Waals surface area contributed by atoms with Crippen LogP contribution in [-0.4, -0.2) is 95.9 Å². The van der Waals surface area contributed by atoms with E-state index in [9.17, 15) is 43.5 Å². The average Bonchev–Trinajstić information content (AvgIpc) is 0.909. The zero-order chi connectivity index (χ0) is 78.0. The first-order chi connectivity index (χ1) is 52.2. The molecule has 0 amide bonds. The number of hydrogen-bond donors (Lipinski definition) is 4. The third-order valence-corrected chi connectivity index (χ3v) is 18.2. The first kappa shape index (κ1) is 101. The Kier molecular flexibility index (Phi) is 75.7. The molecule has 0 aliphatic heterocycles. The molecule has 0 saturated carbocycles. The molecule has 18 heteroatoms. The molecular weight excluding hydrogens is 1390 g/mol. The first-order valence-corrected chi connectivity index (χ1v) is 43.7. The highest BCUT2D eigenvalue weighted by atomic mass is 31.2. The van der Waals surface area contributed by atoms with Gasteiger partial charge in [-0.05, 0) is 161 Å². The van der Waals surface area contributed by atoms with Crippen LogP contribution >= 0.6 is 15.6 Å². The van der Waals surface area contributed by atoms with Crippen molar-refractivity contribution in [3.8, 4) is 0 Å². The van der Waals surface area contributed by atoms with E-state index >= 15 is 0 Å². The molecule has 4 N–H and O–H groups in total. The Balaban J connectivity index is 4.61. The lowest BCUT2D eigenvalue weighted by atomic mass is 10.0. The van der Waals surface area contributed by atoms with E-state index in [1.807, 2.05) is 0 Å². The summed E-state index contributed by atoms with van der Waals surface area (Å²) in [6.07, 6.45) is 105. The Morgan fingerprint density at radius 3 is 0.738 bits per heavy atom. The van der Waals surface area contributed by atoms with Gasteiger partial charge in [-0.1, -0.05) is 305 Å². The summed E-state index contributed by atoms with van der Waals surface area (Å²) in [5.74, 6) is -1.64. The molecule has 606 valence electrons. The summed E-state index contributed by atoms with van der Waals surface area (Å²) in [7, 11) is -9.83. The molecule has 0 aromatic carbocycles. The summed E-state index contributed by atoms with van der Waals surface area (Å²) >= 11 is 0. The largest absolute Gasteiger partial charge is 0.472 e. The Hall–Kier alpha value is -5.61. The molecule has 0 aromatic rings. The van der Waals surface area contributed by atoms with Crippen molar-refractivity contribution in [1.29, 1.82) is 0 Å². The summed E-state index contributed by atoms with van der Waals surface area (Å²) in [5, 5.41) is 20.7. The van der Waals surface area contributed by atoms with Gasteiger partial charge in [0, 0.05) is 19.3 Å².